The van der Waals surface area contributed by atoms with Crippen molar-refractivity contribution in [3.63, 3.8) is 0 Å². The molecule has 17 heavy (non-hydrogen) atoms. The second kappa shape index (κ2) is 5.50. The van der Waals surface area contributed by atoms with Crippen LogP contribution in [0.1, 0.15) is 31.7 Å². The Balaban J connectivity index is 2.17. The number of hydrogen-bond acceptors (Lipinski definition) is 2. The van der Waals surface area contributed by atoms with E-state index in [2.05, 4.69) is 11.8 Å². The summed E-state index contributed by atoms with van der Waals surface area (Å²) in [7, 11) is 0. The molecule has 1 fully saturated rings. The summed E-state index contributed by atoms with van der Waals surface area (Å²) in [4.78, 5) is 2.16. The number of halogens is 1. The van der Waals surface area contributed by atoms with Crippen molar-refractivity contribution in [2.45, 2.75) is 32.7 Å². The van der Waals surface area contributed by atoms with Gasteiger partial charge in [-0.1, -0.05) is 25.5 Å². The maximum Gasteiger partial charge on any atom is 0.146 e. The molecule has 0 aliphatic carbocycles. The fraction of sp³-hybridized carbons (Fsp3) is 0.571. The first-order valence-corrected chi connectivity index (χ1v) is 6.48. The number of anilines is 1. The predicted octanol–water partition coefficient (Wildman–Crippen LogP) is 2.91. The smallest absolute Gasteiger partial charge is 0.146 e. The maximum absolute atomic E-state index is 13.9. The molecule has 1 aliphatic heterocycles. The number of nitrogens with zero attached hydrogens (tertiary/aromatic N) is 1. The summed E-state index contributed by atoms with van der Waals surface area (Å²) >= 11 is 0. The van der Waals surface area contributed by atoms with Crippen LogP contribution in [-0.4, -0.2) is 13.1 Å². The van der Waals surface area contributed by atoms with E-state index in [-0.39, 0.29) is 5.82 Å². The van der Waals surface area contributed by atoms with Crippen LogP contribution in [0.3, 0.4) is 0 Å². The van der Waals surface area contributed by atoms with E-state index in [1.165, 1.54) is 12.5 Å². The van der Waals surface area contributed by atoms with Crippen LogP contribution in [-0.2, 0) is 6.54 Å². The minimum Gasteiger partial charge on any atom is -0.369 e. The van der Waals surface area contributed by atoms with E-state index < -0.39 is 0 Å². The van der Waals surface area contributed by atoms with Crippen molar-refractivity contribution in [3.05, 3.63) is 29.6 Å². The summed E-state index contributed by atoms with van der Waals surface area (Å²) in [5.74, 6) is 0.669. The molecule has 1 aromatic rings. The van der Waals surface area contributed by atoms with Crippen LogP contribution in [0.25, 0.3) is 0 Å². The summed E-state index contributed by atoms with van der Waals surface area (Å²) in [5.41, 5.74) is 7.33. The van der Waals surface area contributed by atoms with Crippen molar-refractivity contribution in [1.29, 1.82) is 0 Å². The number of benzene rings is 1. The van der Waals surface area contributed by atoms with Gasteiger partial charge in [-0.05, 0) is 30.4 Å². The van der Waals surface area contributed by atoms with Gasteiger partial charge < -0.3 is 10.6 Å². The van der Waals surface area contributed by atoms with Gasteiger partial charge in [0, 0.05) is 19.6 Å². The third-order valence-electron chi connectivity index (χ3n) is 3.80. The molecular weight excluding hydrogens is 215 g/mol. The van der Waals surface area contributed by atoms with Gasteiger partial charge in [-0.25, -0.2) is 4.39 Å². The quantitative estimate of drug-likeness (QED) is 0.874. The molecule has 2 rings (SSSR count). The third-order valence-corrected chi connectivity index (χ3v) is 3.80. The van der Waals surface area contributed by atoms with Crippen LogP contribution in [0.4, 0.5) is 10.1 Å². The van der Waals surface area contributed by atoms with Crippen LogP contribution in [0.2, 0.25) is 0 Å². The average Bonchev–Trinajstić information content (AvgIpc) is 2.38. The fourth-order valence-electron chi connectivity index (χ4n) is 2.64. The van der Waals surface area contributed by atoms with Gasteiger partial charge in [0.25, 0.3) is 0 Å². The molecule has 3 heteroatoms. The molecular formula is C14H21FN2. The average molecular weight is 236 g/mol. The van der Waals surface area contributed by atoms with Gasteiger partial charge in [0.05, 0.1) is 5.69 Å². The first-order chi connectivity index (χ1) is 8.26. The predicted molar refractivity (Wildman–Crippen MR) is 69.5 cm³/mol. The molecule has 1 aromatic carbocycles. The van der Waals surface area contributed by atoms with E-state index >= 15 is 0 Å². The molecule has 2 N–H and O–H groups in total. The van der Waals surface area contributed by atoms with Crippen LogP contribution >= 0.6 is 0 Å². The number of rotatable bonds is 3. The number of hydrogen-bond donors (Lipinski definition) is 1. The van der Waals surface area contributed by atoms with Crippen LogP contribution in [0.15, 0.2) is 18.2 Å². The first-order valence-electron chi connectivity index (χ1n) is 6.48. The Morgan fingerprint density at radius 3 is 2.65 bits per heavy atom. The van der Waals surface area contributed by atoms with Crippen molar-refractivity contribution >= 4 is 5.69 Å². The van der Waals surface area contributed by atoms with E-state index in [1.807, 2.05) is 6.07 Å². The molecule has 0 unspecified atom stereocenters. The van der Waals surface area contributed by atoms with Gasteiger partial charge in [0.2, 0.25) is 0 Å². The van der Waals surface area contributed by atoms with Gasteiger partial charge in [0.15, 0.2) is 0 Å². The fourth-order valence-corrected chi connectivity index (χ4v) is 2.64. The first kappa shape index (κ1) is 12.4. The van der Waals surface area contributed by atoms with Gasteiger partial charge in [-0.2, -0.15) is 0 Å². The summed E-state index contributed by atoms with van der Waals surface area (Å²) < 4.78 is 13.9. The highest BCUT2D eigenvalue weighted by Gasteiger charge is 2.21. The van der Waals surface area contributed by atoms with E-state index in [0.717, 1.165) is 43.1 Å². The molecule has 0 saturated carbocycles. The zero-order chi connectivity index (χ0) is 12.3. The molecule has 0 radical (unpaired) electrons. The van der Waals surface area contributed by atoms with E-state index in [0.29, 0.717) is 6.54 Å². The normalized spacial score (nSPS) is 17.5. The van der Waals surface area contributed by atoms with E-state index in [9.17, 15) is 4.39 Å². The Kier molecular flexibility index (Phi) is 4.00. The minimum atomic E-state index is -0.136. The summed E-state index contributed by atoms with van der Waals surface area (Å²) in [5, 5.41) is 0. The SMILES string of the molecule is CCC1CCN(c2c(F)cccc2CN)CC1. The Morgan fingerprint density at radius 1 is 1.35 bits per heavy atom. The monoisotopic (exact) mass is 236 g/mol. The molecule has 1 aliphatic rings. The van der Waals surface area contributed by atoms with Crippen LogP contribution in [0, 0.1) is 11.7 Å². The zero-order valence-corrected chi connectivity index (χ0v) is 10.5. The lowest BCUT2D eigenvalue weighted by atomic mass is 9.93. The summed E-state index contributed by atoms with van der Waals surface area (Å²) in [6.45, 7) is 4.54. The van der Waals surface area contributed by atoms with Gasteiger partial charge in [-0.3, -0.25) is 0 Å². The Hall–Kier alpha value is -1.09. The lowest BCUT2D eigenvalue weighted by molar-refractivity contribution is 0.392. The highest BCUT2D eigenvalue weighted by molar-refractivity contribution is 5.55. The standard InChI is InChI=1S/C14H21FN2/c1-2-11-6-8-17(9-7-11)14-12(10-16)4-3-5-13(14)15/h3-5,11H,2,6-10,16H2,1H3. The van der Waals surface area contributed by atoms with Crippen LogP contribution in [0.5, 0.6) is 0 Å². The van der Waals surface area contributed by atoms with Crippen molar-refractivity contribution < 1.29 is 4.39 Å². The molecule has 94 valence electrons. The molecule has 0 aromatic heterocycles. The maximum atomic E-state index is 13.9. The second-order valence-corrected chi connectivity index (χ2v) is 4.79. The molecule has 1 saturated heterocycles. The van der Waals surface area contributed by atoms with E-state index in [4.69, 9.17) is 5.73 Å². The molecule has 0 amide bonds. The van der Waals surface area contributed by atoms with Crippen LogP contribution < -0.4 is 10.6 Å². The lowest BCUT2D eigenvalue weighted by Crippen LogP contribution is -2.35. The molecule has 1 heterocycles. The van der Waals surface area contributed by atoms with Crippen molar-refractivity contribution in [1.82, 2.24) is 0 Å². The lowest BCUT2D eigenvalue weighted by Gasteiger charge is -2.34. The Bertz CT molecular complexity index is 370. The van der Waals surface area contributed by atoms with E-state index in [1.54, 1.807) is 6.07 Å². The highest BCUT2D eigenvalue weighted by Crippen LogP contribution is 2.29. The van der Waals surface area contributed by atoms with Gasteiger partial charge in [-0.15, -0.1) is 0 Å². The number of piperidine rings is 1. The molecule has 2 nitrogen and oxygen atoms in total. The van der Waals surface area contributed by atoms with Crippen molar-refractivity contribution in [2.24, 2.45) is 11.7 Å². The van der Waals surface area contributed by atoms with Crippen molar-refractivity contribution in [3.8, 4) is 0 Å². The summed E-state index contributed by atoms with van der Waals surface area (Å²) in [6.07, 6.45) is 3.55. The largest absolute Gasteiger partial charge is 0.369 e. The zero-order valence-electron chi connectivity index (χ0n) is 10.5. The second-order valence-electron chi connectivity index (χ2n) is 4.79. The van der Waals surface area contributed by atoms with Gasteiger partial charge >= 0.3 is 0 Å². The Morgan fingerprint density at radius 2 is 2.06 bits per heavy atom. The number of para-hydroxylation sites is 1. The molecule has 0 atom stereocenters. The topological polar surface area (TPSA) is 29.3 Å². The molecule has 0 bridgehead atoms. The third kappa shape index (κ3) is 2.60. The number of nitrogens with two attached hydrogens (primary N) is 1. The van der Waals surface area contributed by atoms with Crippen molar-refractivity contribution in [2.75, 3.05) is 18.0 Å². The molecule has 0 spiro atoms. The summed E-state index contributed by atoms with van der Waals surface area (Å²) in [6, 6.07) is 5.19. The minimum absolute atomic E-state index is 0.136. The van der Waals surface area contributed by atoms with Gasteiger partial charge in [0.1, 0.15) is 5.82 Å². The Labute approximate surface area is 103 Å². The highest BCUT2D eigenvalue weighted by atomic mass is 19.1.